The van der Waals surface area contributed by atoms with E-state index in [9.17, 15) is 4.39 Å². The molecule has 2 aromatic heterocycles. The van der Waals surface area contributed by atoms with Crippen LogP contribution in [0.3, 0.4) is 0 Å². The highest BCUT2D eigenvalue weighted by Crippen LogP contribution is 2.26. The van der Waals surface area contributed by atoms with Crippen LogP contribution in [0.4, 0.5) is 4.39 Å². The molecular formula is C22H18FN3. The zero-order valence-corrected chi connectivity index (χ0v) is 14.4. The van der Waals surface area contributed by atoms with Gasteiger partial charge in [0, 0.05) is 11.8 Å². The summed E-state index contributed by atoms with van der Waals surface area (Å²) in [5.41, 5.74) is 5.36. The standard InChI is InChI=1S/C22H18FN3/c1-16-9-11-17(12-10-16)22-14-21(20-8-4-5-13-24-20)25-26(22)15-18-6-2-3-7-19(18)23/h2-14H,15H2,1H3. The van der Waals surface area contributed by atoms with Gasteiger partial charge in [-0.2, -0.15) is 5.10 Å². The summed E-state index contributed by atoms with van der Waals surface area (Å²) in [6.45, 7) is 2.42. The van der Waals surface area contributed by atoms with E-state index in [0.717, 1.165) is 22.6 Å². The van der Waals surface area contributed by atoms with E-state index in [1.165, 1.54) is 11.6 Å². The van der Waals surface area contributed by atoms with Crippen LogP contribution in [0.1, 0.15) is 11.1 Å². The van der Waals surface area contributed by atoms with Gasteiger partial charge in [0.1, 0.15) is 11.5 Å². The fraction of sp³-hybridized carbons (Fsp3) is 0.0909. The number of aryl methyl sites for hydroxylation is 1. The summed E-state index contributed by atoms with van der Waals surface area (Å²) < 4.78 is 16.0. The van der Waals surface area contributed by atoms with Gasteiger partial charge in [-0.05, 0) is 36.8 Å². The van der Waals surface area contributed by atoms with Crippen molar-refractivity contribution in [3.8, 4) is 22.6 Å². The summed E-state index contributed by atoms with van der Waals surface area (Å²) in [5.74, 6) is -0.225. The zero-order valence-electron chi connectivity index (χ0n) is 14.4. The molecule has 0 aliphatic heterocycles. The van der Waals surface area contributed by atoms with Crippen molar-refractivity contribution in [2.24, 2.45) is 0 Å². The molecular weight excluding hydrogens is 325 g/mol. The molecule has 3 nitrogen and oxygen atoms in total. The fourth-order valence-electron chi connectivity index (χ4n) is 2.92. The summed E-state index contributed by atoms with van der Waals surface area (Å²) in [5, 5.41) is 4.70. The summed E-state index contributed by atoms with van der Waals surface area (Å²) in [7, 11) is 0. The van der Waals surface area contributed by atoms with Gasteiger partial charge in [0.05, 0.1) is 17.9 Å². The Bertz CT molecular complexity index is 1020. The van der Waals surface area contributed by atoms with Crippen LogP contribution in [0.25, 0.3) is 22.6 Å². The molecule has 0 aliphatic rings. The number of rotatable bonds is 4. The lowest BCUT2D eigenvalue weighted by Crippen LogP contribution is -2.05. The van der Waals surface area contributed by atoms with Crippen molar-refractivity contribution >= 4 is 0 Å². The quantitative estimate of drug-likeness (QED) is 0.516. The molecule has 0 bridgehead atoms. The van der Waals surface area contributed by atoms with Crippen LogP contribution in [0.5, 0.6) is 0 Å². The molecule has 0 saturated carbocycles. The maximum atomic E-state index is 14.1. The molecule has 2 aromatic carbocycles. The van der Waals surface area contributed by atoms with Gasteiger partial charge in [-0.3, -0.25) is 9.67 Å². The van der Waals surface area contributed by atoms with Crippen molar-refractivity contribution in [1.29, 1.82) is 0 Å². The van der Waals surface area contributed by atoms with Gasteiger partial charge in [-0.15, -0.1) is 0 Å². The average molecular weight is 343 g/mol. The van der Waals surface area contributed by atoms with Gasteiger partial charge in [0.2, 0.25) is 0 Å². The van der Waals surface area contributed by atoms with E-state index in [4.69, 9.17) is 5.10 Å². The maximum absolute atomic E-state index is 14.1. The molecule has 0 atom stereocenters. The van der Waals surface area contributed by atoms with E-state index >= 15 is 0 Å². The second-order valence-electron chi connectivity index (χ2n) is 6.24. The first kappa shape index (κ1) is 16.2. The van der Waals surface area contributed by atoms with Gasteiger partial charge in [0.25, 0.3) is 0 Å². The molecule has 0 N–H and O–H groups in total. The third kappa shape index (κ3) is 3.26. The van der Waals surface area contributed by atoms with E-state index in [0.29, 0.717) is 12.1 Å². The molecule has 4 rings (SSSR count). The summed E-state index contributed by atoms with van der Waals surface area (Å²) in [6, 6.07) is 22.8. The monoisotopic (exact) mass is 343 g/mol. The number of nitrogens with zero attached hydrogens (tertiary/aromatic N) is 3. The third-order valence-electron chi connectivity index (χ3n) is 4.33. The molecule has 0 fully saturated rings. The Morgan fingerprint density at radius 2 is 1.65 bits per heavy atom. The number of benzene rings is 2. The molecule has 26 heavy (non-hydrogen) atoms. The van der Waals surface area contributed by atoms with Gasteiger partial charge >= 0.3 is 0 Å². The largest absolute Gasteiger partial charge is 0.260 e. The predicted molar refractivity (Wildman–Crippen MR) is 101 cm³/mol. The van der Waals surface area contributed by atoms with Crippen LogP contribution in [0, 0.1) is 12.7 Å². The Morgan fingerprint density at radius 3 is 2.38 bits per heavy atom. The first-order chi connectivity index (χ1) is 12.7. The molecule has 0 saturated heterocycles. The Morgan fingerprint density at radius 1 is 0.885 bits per heavy atom. The number of pyridine rings is 1. The van der Waals surface area contributed by atoms with Gasteiger partial charge in [0.15, 0.2) is 0 Å². The molecule has 2 heterocycles. The molecule has 4 aromatic rings. The van der Waals surface area contributed by atoms with Crippen LogP contribution < -0.4 is 0 Å². The highest BCUT2D eigenvalue weighted by molar-refractivity contribution is 5.67. The predicted octanol–water partition coefficient (Wildman–Crippen LogP) is 5.11. The van der Waals surface area contributed by atoms with Crippen LogP contribution >= 0.6 is 0 Å². The molecule has 4 heteroatoms. The van der Waals surface area contributed by atoms with Crippen molar-refractivity contribution in [3.05, 3.63) is 95.9 Å². The molecule has 128 valence electrons. The molecule has 0 radical (unpaired) electrons. The third-order valence-corrected chi connectivity index (χ3v) is 4.33. The Balaban J connectivity index is 1.81. The SMILES string of the molecule is Cc1ccc(-c2cc(-c3ccccn3)nn2Cc2ccccc2F)cc1. The van der Waals surface area contributed by atoms with Crippen molar-refractivity contribution in [2.45, 2.75) is 13.5 Å². The second-order valence-corrected chi connectivity index (χ2v) is 6.24. The fourth-order valence-corrected chi connectivity index (χ4v) is 2.92. The van der Waals surface area contributed by atoms with E-state index in [2.05, 4.69) is 36.2 Å². The minimum Gasteiger partial charge on any atom is -0.260 e. The van der Waals surface area contributed by atoms with Crippen molar-refractivity contribution in [3.63, 3.8) is 0 Å². The lowest BCUT2D eigenvalue weighted by atomic mass is 10.1. The van der Waals surface area contributed by atoms with E-state index < -0.39 is 0 Å². The molecule has 0 spiro atoms. The van der Waals surface area contributed by atoms with Crippen LogP contribution in [-0.2, 0) is 6.54 Å². The van der Waals surface area contributed by atoms with Gasteiger partial charge < -0.3 is 0 Å². The lowest BCUT2D eigenvalue weighted by molar-refractivity contribution is 0.587. The van der Waals surface area contributed by atoms with Crippen molar-refractivity contribution < 1.29 is 4.39 Å². The van der Waals surface area contributed by atoms with Gasteiger partial charge in [-0.25, -0.2) is 4.39 Å². The Hall–Kier alpha value is -3.27. The van der Waals surface area contributed by atoms with E-state index in [1.807, 2.05) is 35.0 Å². The number of halogens is 1. The normalized spacial score (nSPS) is 10.8. The highest BCUT2D eigenvalue weighted by atomic mass is 19.1. The Labute approximate surface area is 151 Å². The Kier molecular flexibility index (Phi) is 4.32. The topological polar surface area (TPSA) is 30.7 Å². The number of hydrogen-bond donors (Lipinski definition) is 0. The maximum Gasteiger partial charge on any atom is 0.128 e. The minimum absolute atomic E-state index is 0.225. The summed E-state index contributed by atoms with van der Waals surface area (Å²) in [6.07, 6.45) is 1.75. The lowest BCUT2D eigenvalue weighted by Gasteiger charge is -2.09. The van der Waals surface area contributed by atoms with Gasteiger partial charge in [-0.1, -0.05) is 54.1 Å². The van der Waals surface area contributed by atoms with Crippen LogP contribution in [0.2, 0.25) is 0 Å². The summed E-state index contributed by atoms with van der Waals surface area (Å²) >= 11 is 0. The van der Waals surface area contributed by atoms with Crippen molar-refractivity contribution in [1.82, 2.24) is 14.8 Å². The van der Waals surface area contributed by atoms with Crippen molar-refractivity contribution in [2.75, 3.05) is 0 Å². The first-order valence-electron chi connectivity index (χ1n) is 8.50. The number of aromatic nitrogens is 3. The minimum atomic E-state index is -0.225. The van der Waals surface area contributed by atoms with E-state index in [1.54, 1.807) is 18.3 Å². The van der Waals surface area contributed by atoms with Crippen LogP contribution in [-0.4, -0.2) is 14.8 Å². The molecule has 0 unspecified atom stereocenters. The average Bonchev–Trinajstić information content (AvgIpc) is 3.09. The van der Waals surface area contributed by atoms with Crippen LogP contribution in [0.15, 0.2) is 79.0 Å². The molecule has 0 aliphatic carbocycles. The smallest absolute Gasteiger partial charge is 0.128 e. The second kappa shape index (κ2) is 6.92. The van der Waals surface area contributed by atoms with E-state index in [-0.39, 0.29) is 5.82 Å². The highest BCUT2D eigenvalue weighted by Gasteiger charge is 2.14. The zero-order chi connectivity index (χ0) is 17.9. The number of hydrogen-bond acceptors (Lipinski definition) is 2. The molecule has 0 amide bonds. The summed E-state index contributed by atoms with van der Waals surface area (Å²) in [4.78, 5) is 4.39. The first-order valence-corrected chi connectivity index (χ1v) is 8.50.